The van der Waals surface area contributed by atoms with Crippen molar-refractivity contribution in [3.8, 4) is 0 Å². The van der Waals surface area contributed by atoms with Gasteiger partial charge < -0.3 is 9.73 Å². The molecular formula is C24H23N5O4. The van der Waals surface area contributed by atoms with E-state index in [0.717, 1.165) is 5.56 Å². The first-order chi connectivity index (χ1) is 16.1. The van der Waals surface area contributed by atoms with Gasteiger partial charge in [0.1, 0.15) is 6.04 Å². The van der Waals surface area contributed by atoms with E-state index in [-0.39, 0.29) is 23.7 Å². The Kier molecular flexibility index (Phi) is 6.49. The van der Waals surface area contributed by atoms with Crippen LogP contribution in [0.1, 0.15) is 23.0 Å². The maximum atomic E-state index is 13.0. The SMILES string of the molecule is CCn1c(NNC(=O)C(Cc2ccccc2)NC(=O)c2ccco2)nc2ccccc2c1=O. The Labute approximate surface area is 189 Å². The number of fused-ring (bicyclic) bond motifs is 1. The van der Waals surface area contributed by atoms with Crippen molar-refractivity contribution in [2.75, 3.05) is 5.43 Å². The van der Waals surface area contributed by atoms with Crippen molar-refractivity contribution in [2.24, 2.45) is 0 Å². The Morgan fingerprint density at radius 2 is 1.79 bits per heavy atom. The number of nitrogens with one attached hydrogen (secondary N) is 3. The van der Waals surface area contributed by atoms with Crippen LogP contribution in [0, 0.1) is 0 Å². The number of amides is 2. The van der Waals surface area contributed by atoms with Crippen molar-refractivity contribution >= 4 is 28.7 Å². The molecule has 168 valence electrons. The number of benzene rings is 2. The average molecular weight is 445 g/mol. The van der Waals surface area contributed by atoms with E-state index in [1.54, 1.807) is 30.3 Å². The summed E-state index contributed by atoms with van der Waals surface area (Å²) in [6.07, 6.45) is 1.64. The Morgan fingerprint density at radius 3 is 2.52 bits per heavy atom. The van der Waals surface area contributed by atoms with Crippen LogP contribution in [0.25, 0.3) is 10.9 Å². The number of rotatable bonds is 8. The van der Waals surface area contributed by atoms with Crippen molar-refractivity contribution in [3.05, 3.63) is 94.7 Å². The second-order valence-corrected chi connectivity index (χ2v) is 7.31. The summed E-state index contributed by atoms with van der Waals surface area (Å²) in [6, 6.07) is 18.5. The first-order valence-electron chi connectivity index (χ1n) is 10.5. The quantitative estimate of drug-likeness (QED) is 0.359. The molecule has 0 aliphatic carbocycles. The molecule has 2 aromatic carbocycles. The van der Waals surface area contributed by atoms with E-state index in [1.165, 1.54) is 16.9 Å². The standard InChI is InChI=1S/C24H23N5O4/c1-2-29-23(32)17-11-6-7-12-18(17)26-24(29)28-27-21(30)19(15-16-9-4-3-5-10-16)25-22(31)20-13-8-14-33-20/h3-14,19H,2,15H2,1H3,(H,25,31)(H,26,28)(H,27,30). The minimum atomic E-state index is -0.903. The summed E-state index contributed by atoms with van der Waals surface area (Å²) in [5.74, 6) is -0.704. The van der Waals surface area contributed by atoms with Gasteiger partial charge in [-0.3, -0.25) is 29.8 Å². The highest BCUT2D eigenvalue weighted by molar-refractivity contribution is 5.95. The van der Waals surface area contributed by atoms with Gasteiger partial charge in [0.15, 0.2) is 5.76 Å². The molecule has 0 saturated heterocycles. The van der Waals surface area contributed by atoms with E-state index in [2.05, 4.69) is 21.2 Å². The van der Waals surface area contributed by atoms with E-state index in [4.69, 9.17) is 4.42 Å². The summed E-state index contributed by atoms with van der Waals surface area (Å²) >= 11 is 0. The molecule has 0 spiro atoms. The summed E-state index contributed by atoms with van der Waals surface area (Å²) in [5, 5.41) is 3.19. The topological polar surface area (TPSA) is 118 Å². The van der Waals surface area contributed by atoms with Gasteiger partial charge in [-0.25, -0.2) is 4.98 Å². The van der Waals surface area contributed by atoms with Gasteiger partial charge in [-0.05, 0) is 36.8 Å². The zero-order valence-corrected chi connectivity index (χ0v) is 17.9. The Balaban J connectivity index is 1.55. The largest absolute Gasteiger partial charge is 0.459 e. The van der Waals surface area contributed by atoms with Crippen molar-refractivity contribution < 1.29 is 14.0 Å². The van der Waals surface area contributed by atoms with Crippen LogP contribution in [-0.2, 0) is 17.8 Å². The molecule has 2 aromatic heterocycles. The van der Waals surface area contributed by atoms with E-state index in [1.807, 2.05) is 37.3 Å². The fourth-order valence-corrected chi connectivity index (χ4v) is 3.46. The summed E-state index contributed by atoms with van der Waals surface area (Å²) in [5.41, 5.74) is 6.49. The number of hydrogen-bond donors (Lipinski definition) is 3. The van der Waals surface area contributed by atoms with Gasteiger partial charge in [0.2, 0.25) is 5.95 Å². The van der Waals surface area contributed by atoms with Gasteiger partial charge in [-0.15, -0.1) is 0 Å². The minimum Gasteiger partial charge on any atom is -0.459 e. The molecule has 0 fully saturated rings. The van der Waals surface area contributed by atoms with Crippen molar-refractivity contribution in [1.29, 1.82) is 0 Å². The molecular weight excluding hydrogens is 422 g/mol. The first kappa shape index (κ1) is 21.8. The maximum absolute atomic E-state index is 13.0. The molecule has 9 nitrogen and oxygen atoms in total. The molecule has 1 atom stereocenters. The number of carbonyl (C=O) groups excluding carboxylic acids is 2. The molecule has 0 saturated carbocycles. The van der Waals surface area contributed by atoms with Gasteiger partial charge >= 0.3 is 0 Å². The molecule has 2 amide bonds. The molecule has 0 bridgehead atoms. The van der Waals surface area contributed by atoms with Gasteiger partial charge in [0.25, 0.3) is 17.4 Å². The molecule has 33 heavy (non-hydrogen) atoms. The first-order valence-corrected chi connectivity index (χ1v) is 10.5. The number of hydrazine groups is 1. The summed E-state index contributed by atoms with van der Waals surface area (Å²) in [6.45, 7) is 2.17. The smallest absolute Gasteiger partial charge is 0.287 e. The number of nitrogens with zero attached hydrogens (tertiary/aromatic N) is 2. The van der Waals surface area contributed by atoms with E-state index < -0.39 is 17.9 Å². The zero-order valence-electron chi connectivity index (χ0n) is 17.9. The lowest BCUT2D eigenvalue weighted by atomic mass is 10.1. The highest BCUT2D eigenvalue weighted by Gasteiger charge is 2.23. The third-order valence-electron chi connectivity index (χ3n) is 5.12. The van der Waals surface area contributed by atoms with Crippen LogP contribution in [0.4, 0.5) is 5.95 Å². The predicted molar refractivity (Wildman–Crippen MR) is 124 cm³/mol. The second-order valence-electron chi connectivity index (χ2n) is 7.31. The normalized spacial score (nSPS) is 11.7. The molecule has 4 rings (SSSR count). The Morgan fingerprint density at radius 1 is 1.03 bits per heavy atom. The third-order valence-corrected chi connectivity index (χ3v) is 5.12. The highest BCUT2D eigenvalue weighted by atomic mass is 16.3. The van der Waals surface area contributed by atoms with Crippen molar-refractivity contribution in [3.63, 3.8) is 0 Å². The fourth-order valence-electron chi connectivity index (χ4n) is 3.46. The minimum absolute atomic E-state index is 0.102. The number of aromatic nitrogens is 2. The molecule has 4 aromatic rings. The molecule has 9 heteroatoms. The zero-order chi connectivity index (χ0) is 23.2. The van der Waals surface area contributed by atoms with Gasteiger partial charge in [-0.2, -0.15) is 0 Å². The summed E-state index contributed by atoms with van der Waals surface area (Å²) < 4.78 is 6.56. The van der Waals surface area contributed by atoms with Gasteiger partial charge in [0.05, 0.1) is 17.2 Å². The van der Waals surface area contributed by atoms with Gasteiger partial charge in [-0.1, -0.05) is 42.5 Å². The highest BCUT2D eigenvalue weighted by Crippen LogP contribution is 2.11. The van der Waals surface area contributed by atoms with E-state index in [0.29, 0.717) is 17.4 Å². The Bertz CT molecular complexity index is 1320. The van der Waals surface area contributed by atoms with Crippen LogP contribution in [-0.4, -0.2) is 27.4 Å². The fraction of sp³-hybridized carbons (Fsp3) is 0.167. The molecule has 0 aliphatic rings. The molecule has 0 radical (unpaired) electrons. The summed E-state index contributed by atoms with van der Waals surface area (Å²) in [4.78, 5) is 42.8. The number of anilines is 1. The number of furan rings is 1. The van der Waals surface area contributed by atoms with Gasteiger partial charge in [0, 0.05) is 13.0 Å². The molecule has 2 heterocycles. The average Bonchev–Trinajstić information content (AvgIpc) is 3.38. The number of para-hydroxylation sites is 1. The number of hydrogen-bond acceptors (Lipinski definition) is 6. The molecule has 0 aliphatic heterocycles. The maximum Gasteiger partial charge on any atom is 0.287 e. The van der Waals surface area contributed by atoms with Crippen molar-refractivity contribution in [1.82, 2.24) is 20.3 Å². The number of carbonyl (C=O) groups is 2. The van der Waals surface area contributed by atoms with Crippen LogP contribution in [0.2, 0.25) is 0 Å². The lowest BCUT2D eigenvalue weighted by molar-refractivity contribution is -0.122. The summed E-state index contributed by atoms with van der Waals surface area (Å²) in [7, 11) is 0. The predicted octanol–water partition coefficient (Wildman–Crippen LogP) is 2.49. The van der Waals surface area contributed by atoms with Crippen LogP contribution in [0.3, 0.4) is 0 Å². The van der Waals surface area contributed by atoms with E-state index in [9.17, 15) is 14.4 Å². The second kappa shape index (κ2) is 9.82. The molecule has 1 unspecified atom stereocenters. The van der Waals surface area contributed by atoms with Crippen LogP contribution >= 0.6 is 0 Å². The van der Waals surface area contributed by atoms with E-state index >= 15 is 0 Å². The Hall–Kier alpha value is -4.40. The molecule has 3 N–H and O–H groups in total. The van der Waals surface area contributed by atoms with Crippen molar-refractivity contribution in [2.45, 2.75) is 25.9 Å². The van der Waals surface area contributed by atoms with Crippen LogP contribution < -0.4 is 21.7 Å². The van der Waals surface area contributed by atoms with Crippen LogP contribution in [0.15, 0.2) is 82.2 Å². The lowest BCUT2D eigenvalue weighted by Gasteiger charge is -2.20. The third kappa shape index (κ3) is 4.93. The monoisotopic (exact) mass is 445 g/mol. The lowest BCUT2D eigenvalue weighted by Crippen LogP contribution is -2.50. The van der Waals surface area contributed by atoms with Crippen LogP contribution in [0.5, 0.6) is 0 Å².